The first-order valence-electron chi connectivity index (χ1n) is 23.2. The predicted molar refractivity (Wildman–Crippen MR) is 227 cm³/mol. The Morgan fingerprint density at radius 2 is 0.818 bits per heavy atom. The van der Waals surface area contributed by atoms with Gasteiger partial charge in [-0.15, -0.1) is 0 Å². The molecule has 55 heavy (non-hydrogen) atoms. The fraction of sp³-hybridized carbons (Fsp3) is 0.956. The van der Waals surface area contributed by atoms with Crippen LogP contribution in [0, 0.1) is 0 Å². The highest BCUT2D eigenvalue weighted by Crippen LogP contribution is 2.38. The molecule has 0 rings (SSSR count). The van der Waals surface area contributed by atoms with E-state index in [4.69, 9.17) is 18.5 Å². The lowest BCUT2D eigenvalue weighted by atomic mass is 10.0. The van der Waals surface area contributed by atoms with E-state index in [-0.39, 0.29) is 32.0 Å². The number of quaternary nitrogens is 1. The Balaban J connectivity index is 4.06. The molecular weight excluding hydrogens is 713 g/mol. The lowest BCUT2D eigenvalue weighted by Gasteiger charge is -2.28. The average Bonchev–Trinajstić information content (AvgIpc) is 3.13. The number of esters is 2. The van der Waals surface area contributed by atoms with E-state index in [0.717, 1.165) is 38.5 Å². The Kier molecular flexibility index (Phi) is 37.8. The molecule has 0 fully saturated rings. The zero-order chi connectivity index (χ0) is 40.7. The summed E-state index contributed by atoms with van der Waals surface area (Å²) >= 11 is 0. The first-order valence-corrected chi connectivity index (χ1v) is 24.7. The summed E-state index contributed by atoms with van der Waals surface area (Å²) in [6, 6.07) is 0. The first-order chi connectivity index (χ1) is 26.5. The van der Waals surface area contributed by atoms with Gasteiger partial charge in [0.05, 0.1) is 27.7 Å². The van der Waals surface area contributed by atoms with Crippen molar-refractivity contribution in [2.24, 2.45) is 0 Å². The Hall–Kier alpha value is -0.990. The van der Waals surface area contributed by atoms with E-state index in [9.17, 15) is 19.0 Å². The van der Waals surface area contributed by atoms with Crippen LogP contribution in [-0.2, 0) is 32.7 Å². The van der Waals surface area contributed by atoms with Gasteiger partial charge in [0, 0.05) is 12.8 Å². The summed E-state index contributed by atoms with van der Waals surface area (Å²) in [6.45, 7) is 4.23. The maximum absolute atomic E-state index is 12.6. The summed E-state index contributed by atoms with van der Waals surface area (Å²) in [5, 5.41) is 0. The minimum Gasteiger partial charge on any atom is -0.756 e. The summed E-state index contributed by atoms with van der Waals surface area (Å²) in [5.74, 6) is -0.825. The standard InChI is InChI=1S/C45H90NO8P/c1-6-8-10-12-14-16-17-18-19-20-21-22-23-24-25-26-27-28-29-30-32-33-35-37-44(47)51-41-43(42-53-55(49,50)52-40-39-46(3,4)5)54-45(48)38-36-34-31-15-13-11-9-7-2/h43H,6-42H2,1-5H3. The van der Waals surface area contributed by atoms with Crippen molar-refractivity contribution in [2.75, 3.05) is 47.5 Å². The van der Waals surface area contributed by atoms with Crippen molar-refractivity contribution in [3.05, 3.63) is 0 Å². The number of hydrogen-bond acceptors (Lipinski definition) is 8. The largest absolute Gasteiger partial charge is 0.756 e. The molecule has 0 spiro atoms. The molecule has 0 aromatic carbocycles. The molecule has 0 bridgehead atoms. The lowest BCUT2D eigenvalue weighted by Crippen LogP contribution is -2.37. The van der Waals surface area contributed by atoms with E-state index in [1.165, 1.54) is 154 Å². The molecule has 0 aromatic rings. The van der Waals surface area contributed by atoms with Gasteiger partial charge in [-0.1, -0.05) is 200 Å². The number of carbonyl (C=O) groups excluding carboxylic acids is 2. The van der Waals surface area contributed by atoms with Crippen LogP contribution in [0.25, 0.3) is 0 Å². The molecule has 0 aliphatic heterocycles. The van der Waals surface area contributed by atoms with Crippen LogP contribution in [0.5, 0.6) is 0 Å². The zero-order valence-electron chi connectivity index (χ0n) is 36.9. The van der Waals surface area contributed by atoms with E-state index in [1.807, 2.05) is 21.1 Å². The van der Waals surface area contributed by atoms with Gasteiger partial charge in [0.1, 0.15) is 19.8 Å². The molecule has 0 N–H and O–H groups in total. The number of likely N-dealkylation sites (N-methyl/N-ethyl adjacent to an activating group) is 1. The van der Waals surface area contributed by atoms with Crippen molar-refractivity contribution in [1.29, 1.82) is 0 Å². The Morgan fingerprint density at radius 3 is 1.16 bits per heavy atom. The highest BCUT2D eigenvalue weighted by molar-refractivity contribution is 7.45. The van der Waals surface area contributed by atoms with Crippen molar-refractivity contribution < 1.29 is 42.1 Å². The van der Waals surface area contributed by atoms with E-state index in [2.05, 4.69) is 13.8 Å². The molecule has 328 valence electrons. The Labute approximate surface area is 340 Å². The summed E-state index contributed by atoms with van der Waals surface area (Å²) < 4.78 is 33.8. The van der Waals surface area contributed by atoms with Gasteiger partial charge >= 0.3 is 11.9 Å². The van der Waals surface area contributed by atoms with Crippen molar-refractivity contribution in [1.82, 2.24) is 0 Å². The predicted octanol–water partition coefficient (Wildman–Crippen LogP) is 12.6. The first kappa shape index (κ1) is 54.0. The van der Waals surface area contributed by atoms with Crippen LogP contribution in [-0.4, -0.2) is 70.0 Å². The van der Waals surface area contributed by atoms with Gasteiger partial charge in [-0.05, 0) is 12.8 Å². The third kappa shape index (κ3) is 42.4. The second kappa shape index (κ2) is 38.5. The molecule has 0 saturated heterocycles. The Morgan fingerprint density at radius 1 is 0.491 bits per heavy atom. The Bertz CT molecular complexity index is 912. The van der Waals surface area contributed by atoms with Crippen LogP contribution in [0.3, 0.4) is 0 Å². The van der Waals surface area contributed by atoms with Crippen LogP contribution in [0.15, 0.2) is 0 Å². The maximum Gasteiger partial charge on any atom is 0.306 e. The summed E-state index contributed by atoms with van der Waals surface area (Å²) in [4.78, 5) is 37.4. The molecule has 10 heteroatoms. The normalized spacial score (nSPS) is 13.5. The fourth-order valence-electron chi connectivity index (χ4n) is 6.72. The number of nitrogens with zero attached hydrogens (tertiary/aromatic N) is 1. The number of carbonyl (C=O) groups is 2. The molecule has 0 heterocycles. The number of hydrogen-bond donors (Lipinski definition) is 0. The van der Waals surface area contributed by atoms with Crippen molar-refractivity contribution in [3.8, 4) is 0 Å². The van der Waals surface area contributed by atoms with Crippen LogP contribution < -0.4 is 4.89 Å². The topological polar surface area (TPSA) is 111 Å². The number of phosphoric ester groups is 1. The van der Waals surface area contributed by atoms with Gasteiger partial charge in [-0.25, -0.2) is 0 Å². The van der Waals surface area contributed by atoms with Crippen molar-refractivity contribution >= 4 is 19.8 Å². The molecule has 0 amide bonds. The minimum absolute atomic E-state index is 0.0261. The van der Waals surface area contributed by atoms with Gasteiger partial charge in [0.15, 0.2) is 6.10 Å². The van der Waals surface area contributed by atoms with Crippen LogP contribution in [0.2, 0.25) is 0 Å². The van der Waals surface area contributed by atoms with E-state index >= 15 is 0 Å². The molecule has 0 aromatic heterocycles. The number of rotatable bonds is 43. The maximum atomic E-state index is 12.6. The fourth-order valence-corrected chi connectivity index (χ4v) is 7.44. The molecule has 0 radical (unpaired) electrons. The van der Waals surface area contributed by atoms with Crippen molar-refractivity contribution in [3.63, 3.8) is 0 Å². The highest BCUT2D eigenvalue weighted by Gasteiger charge is 2.21. The van der Waals surface area contributed by atoms with Crippen LogP contribution >= 0.6 is 7.82 Å². The van der Waals surface area contributed by atoms with Crippen LogP contribution in [0.1, 0.15) is 226 Å². The number of phosphoric acid groups is 1. The third-order valence-electron chi connectivity index (χ3n) is 10.4. The number of ether oxygens (including phenoxy) is 2. The third-order valence-corrected chi connectivity index (χ3v) is 11.3. The molecule has 0 aliphatic carbocycles. The number of unbranched alkanes of at least 4 members (excludes halogenated alkanes) is 29. The van der Waals surface area contributed by atoms with Crippen molar-refractivity contribution in [2.45, 2.75) is 232 Å². The summed E-state index contributed by atoms with van der Waals surface area (Å²) in [6.07, 6.45) is 38.7. The average molecular weight is 804 g/mol. The quantitative estimate of drug-likeness (QED) is 0.0259. The van der Waals surface area contributed by atoms with E-state index < -0.39 is 26.5 Å². The zero-order valence-corrected chi connectivity index (χ0v) is 37.8. The lowest BCUT2D eigenvalue weighted by molar-refractivity contribution is -0.870. The second-order valence-electron chi connectivity index (χ2n) is 17.1. The SMILES string of the molecule is CCCCCCCCCCCCCCCCCCCCCCCCCC(=O)OCC(COP(=O)([O-])OCC[N+](C)(C)C)OC(=O)CCCCCCCCCC. The molecule has 9 nitrogen and oxygen atoms in total. The molecule has 2 atom stereocenters. The summed E-state index contributed by atoms with van der Waals surface area (Å²) in [5.41, 5.74) is 0. The minimum atomic E-state index is -4.61. The van der Waals surface area contributed by atoms with Gasteiger partial charge < -0.3 is 27.9 Å². The monoisotopic (exact) mass is 804 g/mol. The molecule has 2 unspecified atom stereocenters. The van der Waals surface area contributed by atoms with Gasteiger partial charge in [0.25, 0.3) is 7.82 Å². The molecule has 0 saturated carbocycles. The van der Waals surface area contributed by atoms with Gasteiger partial charge in [-0.2, -0.15) is 0 Å². The molecule has 0 aliphatic rings. The van der Waals surface area contributed by atoms with Gasteiger partial charge in [0.2, 0.25) is 0 Å². The second-order valence-corrected chi connectivity index (χ2v) is 18.5. The van der Waals surface area contributed by atoms with E-state index in [1.54, 1.807) is 0 Å². The van der Waals surface area contributed by atoms with Crippen LogP contribution in [0.4, 0.5) is 0 Å². The van der Waals surface area contributed by atoms with E-state index in [0.29, 0.717) is 17.4 Å². The summed E-state index contributed by atoms with van der Waals surface area (Å²) in [7, 11) is 1.18. The van der Waals surface area contributed by atoms with Gasteiger partial charge in [-0.3, -0.25) is 14.2 Å². The highest BCUT2D eigenvalue weighted by atomic mass is 31.2. The molecular formula is C45H90NO8P. The smallest absolute Gasteiger partial charge is 0.306 e.